The third-order valence-corrected chi connectivity index (χ3v) is 2.86. The van der Waals surface area contributed by atoms with E-state index in [1.807, 2.05) is 31.5 Å². The Morgan fingerprint density at radius 3 is 3.00 bits per heavy atom. The molecule has 1 aromatic carbocycles. The quantitative estimate of drug-likeness (QED) is 0.581. The number of nitrogens with zero attached hydrogens (tertiary/aromatic N) is 2. The molecule has 0 aliphatic carbocycles. The van der Waals surface area contributed by atoms with E-state index >= 15 is 0 Å². The predicted molar refractivity (Wildman–Crippen MR) is 70.2 cm³/mol. The molecule has 0 bridgehead atoms. The summed E-state index contributed by atoms with van der Waals surface area (Å²) in [6.45, 7) is 3.18. The van der Waals surface area contributed by atoms with E-state index < -0.39 is 0 Å². The second-order valence-electron chi connectivity index (χ2n) is 4.19. The number of carbonyl (C=O) groups is 1. The van der Waals surface area contributed by atoms with Crippen LogP contribution in [0, 0.1) is 0 Å². The highest BCUT2D eigenvalue weighted by Gasteiger charge is 2.03. The van der Waals surface area contributed by atoms with Gasteiger partial charge in [-0.05, 0) is 31.9 Å². The van der Waals surface area contributed by atoms with Crippen molar-refractivity contribution in [1.82, 2.24) is 9.55 Å². The van der Waals surface area contributed by atoms with Crippen LogP contribution < -0.4 is 0 Å². The molecule has 4 heteroatoms. The van der Waals surface area contributed by atoms with E-state index in [0.29, 0.717) is 13.0 Å². The molecule has 0 aliphatic rings. The van der Waals surface area contributed by atoms with Gasteiger partial charge in [0.1, 0.15) is 0 Å². The summed E-state index contributed by atoms with van der Waals surface area (Å²) in [6, 6.07) is 8.07. The second-order valence-corrected chi connectivity index (χ2v) is 4.19. The number of esters is 1. The zero-order valence-electron chi connectivity index (χ0n) is 10.6. The average molecular weight is 246 g/mol. The van der Waals surface area contributed by atoms with E-state index in [1.165, 1.54) is 0 Å². The van der Waals surface area contributed by atoms with Crippen molar-refractivity contribution < 1.29 is 9.53 Å². The first-order chi connectivity index (χ1) is 8.81. The van der Waals surface area contributed by atoms with Gasteiger partial charge in [-0.1, -0.05) is 12.1 Å². The van der Waals surface area contributed by atoms with Crippen LogP contribution in [0.4, 0.5) is 0 Å². The van der Waals surface area contributed by atoms with E-state index in [1.54, 1.807) is 0 Å². The number of unbranched alkanes of at least 4 members (excludes halogenated alkanes) is 1. The van der Waals surface area contributed by atoms with Crippen molar-refractivity contribution in [3.05, 3.63) is 30.6 Å². The minimum Gasteiger partial charge on any atom is -0.466 e. The molecule has 18 heavy (non-hydrogen) atoms. The summed E-state index contributed by atoms with van der Waals surface area (Å²) < 4.78 is 7.02. The highest BCUT2D eigenvalue weighted by Crippen LogP contribution is 2.13. The Hall–Kier alpha value is -1.84. The van der Waals surface area contributed by atoms with Crippen molar-refractivity contribution in [3.63, 3.8) is 0 Å². The third kappa shape index (κ3) is 3.09. The van der Waals surface area contributed by atoms with Gasteiger partial charge in [-0.3, -0.25) is 4.79 Å². The number of ether oxygens (including phenoxy) is 1. The van der Waals surface area contributed by atoms with E-state index in [2.05, 4.69) is 15.6 Å². The SMILES string of the molecule is CCOC(=O)CCCCn1cnc2ccccc21. The first kappa shape index (κ1) is 12.6. The van der Waals surface area contributed by atoms with Crippen molar-refractivity contribution >= 4 is 17.0 Å². The number of aromatic nitrogens is 2. The Bertz CT molecular complexity index is 519. The van der Waals surface area contributed by atoms with Gasteiger partial charge in [0, 0.05) is 13.0 Å². The molecule has 0 atom stereocenters. The number of fused-ring (bicyclic) bond motifs is 1. The number of carbonyl (C=O) groups excluding carboxylic acids is 1. The fraction of sp³-hybridized carbons (Fsp3) is 0.429. The van der Waals surface area contributed by atoms with Gasteiger partial charge in [0.05, 0.1) is 24.0 Å². The fourth-order valence-electron chi connectivity index (χ4n) is 1.97. The normalized spacial score (nSPS) is 10.7. The van der Waals surface area contributed by atoms with E-state index in [9.17, 15) is 4.79 Å². The number of aryl methyl sites for hydroxylation is 1. The van der Waals surface area contributed by atoms with Gasteiger partial charge < -0.3 is 9.30 Å². The van der Waals surface area contributed by atoms with Crippen molar-refractivity contribution in [1.29, 1.82) is 0 Å². The summed E-state index contributed by atoms with van der Waals surface area (Å²) in [4.78, 5) is 15.5. The second kappa shape index (κ2) is 6.19. The minimum absolute atomic E-state index is 0.104. The molecule has 0 saturated carbocycles. The Balaban J connectivity index is 1.82. The Morgan fingerprint density at radius 1 is 1.33 bits per heavy atom. The largest absolute Gasteiger partial charge is 0.466 e. The summed E-state index contributed by atoms with van der Waals surface area (Å²) in [5.41, 5.74) is 2.16. The molecule has 0 aliphatic heterocycles. The van der Waals surface area contributed by atoms with Crippen LogP contribution in [0.5, 0.6) is 0 Å². The topological polar surface area (TPSA) is 44.1 Å². The monoisotopic (exact) mass is 246 g/mol. The molecule has 0 fully saturated rings. The lowest BCUT2D eigenvalue weighted by Gasteiger charge is -2.04. The summed E-state index contributed by atoms with van der Waals surface area (Å²) >= 11 is 0. The smallest absolute Gasteiger partial charge is 0.305 e. The number of hydrogen-bond donors (Lipinski definition) is 0. The molecule has 0 unspecified atom stereocenters. The van der Waals surface area contributed by atoms with E-state index in [-0.39, 0.29) is 5.97 Å². The van der Waals surface area contributed by atoms with Gasteiger partial charge in [-0.25, -0.2) is 4.98 Å². The van der Waals surface area contributed by atoms with Gasteiger partial charge >= 0.3 is 5.97 Å². The van der Waals surface area contributed by atoms with Crippen LogP contribution in [0.3, 0.4) is 0 Å². The van der Waals surface area contributed by atoms with Crippen LogP contribution in [0.1, 0.15) is 26.2 Å². The number of hydrogen-bond acceptors (Lipinski definition) is 3. The Labute approximate surface area is 107 Å². The molecule has 1 aromatic heterocycles. The minimum atomic E-state index is -0.104. The van der Waals surface area contributed by atoms with Gasteiger partial charge in [-0.2, -0.15) is 0 Å². The lowest BCUT2D eigenvalue weighted by molar-refractivity contribution is -0.143. The van der Waals surface area contributed by atoms with Crippen molar-refractivity contribution in [3.8, 4) is 0 Å². The lowest BCUT2D eigenvalue weighted by Crippen LogP contribution is -2.04. The molecule has 2 aromatic rings. The molecule has 1 heterocycles. The molecule has 96 valence electrons. The standard InChI is InChI=1S/C14H18N2O2/c1-2-18-14(17)9-5-6-10-16-11-15-12-7-3-4-8-13(12)16/h3-4,7-8,11H,2,5-6,9-10H2,1H3. The van der Waals surface area contributed by atoms with Crippen LogP contribution in [-0.4, -0.2) is 22.1 Å². The molecule has 0 saturated heterocycles. The zero-order valence-corrected chi connectivity index (χ0v) is 10.6. The van der Waals surface area contributed by atoms with Crippen LogP contribution >= 0.6 is 0 Å². The number of para-hydroxylation sites is 2. The Kier molecular flexibility index (Phi) is 4.34. The molecular weight excluding hydrogens is 228 g/mol. The maximum absolute atomic E-state index is 11.2. The van der Waals surface area contributed by atoms with Crippen LogP contribution in [0.25, 0.3) is 11.0 Å². The molecule has 0 N–H and O–H groups in total. The molecular formula is C14H18N2O2. The highest BCUT2D eigenvalue weighted by molar-refractivity contribution is 5.74. The maximum Gasteiger partial charge on any atom is 0.305 e. The number of benzene rings is 1. The lowest BCUT2D eigenvalue weighted by atomic mass is 10.2. The van der Waals surface area contributed by atoms with Crippen molar-refractivity contribution in [2.75, 3.05) is 6.61 Å². The van der Waals surface area contributed by atoms with E-state index in [4.69, 9.17) is 4.74 Å². The van der Waals surface area contributed by atoms with Gasteiger partial charge in [0.15, 0.2) is 0 Å². The van der Waals surface area contributed by atoms with Gasteiger partial charge in [0.2, 0.25) is 0 Å². The Morgan fingerprint density at radius 2 is 2.17 bits per heavy atom. The fourth-order valence-corrected chi connectivity index (χ4v) is 1.97. The number of rotatable bonds is 6. The summed E-state index contributed by atoms with van der Waals surface area (Å²) in [7, 11) is 0. The highest BCUT2D eigenvalue weighted by atomic mass is 16.5. The predicted octanol–water partition coefficient (Wildman–Crippen LogP) is 2.77. The first-order valence-corrected chi connectivity index (χ1v) is 6.36. The molecule has 0 amide bonds. The van der Waals surface area contributed by atoms with Crippen molar-refractivity contribution in [2.24, 2.45) is 0 Å². The van der Waals surface area contributed by atoms with Gasteiger partial charge in [-0.15, -0.1) is 0 Å². The molecule has 2 rings (SSSR count). The van der Waals surface area contributed by atoms with Crippen LogP contribution in [0.2, 0.25) is 0 Å². The van der Waals surface area contributed by atoms with Crippen LogP contribution in [-0.2, 0) is 16.1 Å². The zero-order chi connectivity index (χ0) is 12.8. The molecule has 0 radical (unpaired) electrons. The summed E-state index contributed by atoms with van der Waals surface area (Å²) in [5.74, 6) is -0.104. The molecule has 4 nitrogen and oxygen atoms in total. The van der Waals surface area contributed by atoms with Gasteiger partial charge in [0.25, 0.3) is 0 Å². The number of imidazole rings is 1. The maximum atomic E-state index is 11.2. The first-order valence-electron chi connectivity index (χ1n) is 6.36. The van der Waals surface area contributed by atoms with Crippen LogP contribution in [0.15, 0.2) is 30.6 Å². The third-order valence-electron chi connectivity index (χ3n) is 2.86. The molecule has 0 spiro atoms. The van der Waals surface area contributed by atoms with Crippen molar-refractivity contribution in [2.45, 2.75) is 32.7 Å². The summed E-state index contributed by atoms with van der Waals surface area (Å²) in [6.07, 6.45) is 4.17. The average Bonchev–Trinajstić information content (AvgIpc) is 2.78. The summed E-state index contributed by atoms with van der Waals surface area (Å²) in [5, 5.41) is 0. The van der Waals surface area contributed by atoms with E-state index in [0.717, 1.165) is 30.4 Å².